The number of benzene rings is 1. The van der Waals surface area contributed by atoms with Gasteiger partial charge in [-0.25, -0.2) is 17.5 Å². The molecule has 1 aromatic rings. The van der Waals surface area contributed by atoms with E-state index >= 15 is 0 Å². The minimum Gasteiger partial charge on any atom is -0.315 e. The second kappa shape index (κ2) is 6.82. The average molecular weight is 274 g/mol. The van der Waals surface area contributed by atoms with E-state index in [1.54, 1.807) is 6.92 Å². The number of nitrogens with one attached hydrogen (secondary N) is 2. The highest BCUT2D eigenvalue weighted by atomic mass is 32.2. The Kier molecular flexibility index (Phi) is 5.71. The van der Waals surface area contributed by atoms with Crippen molar-refractivity contribution < 1.29 is 12.8 Å². The van der Waals surface area contributed by atoms with Crippen molar-refractivity contribution in [2.24, 2.45) is 0 Å². The topological polar surface area (TPSA) is 58.2 Å². The van der Waals surface area contributed by atoms with Crippen LogP contribution in [0.3, 0.4) is 0 Å². The van der Waals surface area contributed by atoms with Crippen LogP contribution in [0.1, 0.15) is 18.9 Å². The van der Waals surface area contributed by atoms with Crippen LogP contribution in [0.5, 0.6) is 0 Å². The molecule has 0 aliphatic heterocycles. The molecule has 0 radical (unpaired) electrons. The van der Waals surface area contributed by atoms with E-state index in [1.807, 2.05) is 6.92 Å². The van der Waals surface area contributed by atoms with Gasteiger partial charge in [0.2, 0.25) is 10.0 Å². The second-order valence-corrected chi connectivity index (χ2v) is 5.79. The third-order valence-electron chi connectivity index (χ3n) is 2.46. The Labute approximate surface area is 108 Å². The molecule has 0 aliphatic rings. The summed E-state index contributed by atoms with van der Waals surface area (Å²) in [6, 6.07) is 3.74. The van der Waals surface area contributed by atoms with Crippen LogP contribution in [0.25, 0.3) is 0 Å². The highest BCUT2D eigenvalue weighted by Crippen LogP contribution is 2.15. The zero-order valence-corrected chi connectivity index (χ0v) is 11.5. The summed E-state index contributed by atoms with van der Waals surface area (Å²) in [6.45, 7) is 5.37. The lowest BCUT2D eigenvalue weighted by Gasteiger charge is -2.09. The summed E-state index contributed by atoms with van der Waals surface area (Å²) >= 11 is 0. The van der Waals surface area contributed by atoms with Gasteiger partial charge in [0.25, 0.3) is 0 Å². The van der Waals surface area contributed by atoms with Gasteiger partial charge in [-0.1, -0.05) is 13.0 Å². The van der Waals surface area contributed by atoms with Crippen LogP contribution in [-0.4, -0.2) is 28.1 Å². The fourth-order valence-corrected chi connectivity index (χ4v) is 2.80. The zero-order chi connectivity index (χ0) is 13.6. The van der Waals surface area contributed by atoms with Gasteiger partial charge in [-0.05, 0) is 37.6 Å². The Bertz CT molecular complexity index is 489. The van der Waals surface area contributed by atoms with Crippen LogP contribution in [0.15, 0.2) is 23.1 Å². The summed E-state index contributed by atoms with van der Waals surface area (Å²) in [5.74, 6) is -0.551. The van der Waals surface area contributed by atoms with E-state index in [9.17, 15) is 12.8 Å². The number of hydrogen-bond acceptors (Lipinski definition) is 3. The third kappa shape index (κ3) is 4.36. The Balaban J connectivity index is 2.66. The molecule has 6 heteroatoms. The van der Waals surface area contributed by atoms with Crippen LogP contribution < -0.4 is 10.0 Å². The van der Waals surface area contributed by atoms with Gasteiger partial charge in [-0.2, -0.15) is 0 Å². The quantitative estimate of drug-likeness (QED) is 0.739. The molecule has 18 heavy (non-hydrogen) atoms. The number of sulfonamides is 1. The van der Waals surface area contributed by atoms with Crippen LogP contribution in [0, 0.1) is 12.7 Å². The third-order valence-corrected chi connectivity index (χ3v) is 4.06. The number of aryl methyl sites for hydroxylation is 1. The maximum Gasteiger partial charge on any atom is 0.240 e. The Morgan fingerprint density at radius 3 is 2.61 bits per heavy atom. The molecule has 4 nitrogen and oxygen atoms in total. The molecule has 0 bridgehead atoms. The van der Waals surface area contributed by atoms with Crippen molar-refractivity contribution in [3.05, 3.63) is 29.6 Å². The summed E-state index contributed by atoms with van der Waals surface area (Å²) in [5.41, 5.74) is 0.533. The minimum atomic E-state index is -3.63. The number of halogens is 1. The lowest BCUT2D eigenvalue weighted by Crippen LogP contribution is -2.32. The first-order valence-electron chi connectivity index (χ1n) is 5.94. The predicted molar refractivity (Wildman–Crippen MR) is 69.5 cm³/mol. The normalized spacial score (nSPS) is 11.7. The molecular weight excluding hydrogens is 255 g/mol. The molecule has 0 aliphatic carbocycles. The molecule has 0 fully saturated rings. The van der Waals surface area contributed by atoms with Gasteiger partial charge in [0.1, 0.15) is 5.82 Å². The molecule has 0 heterocycles. The minimum absolute atomic E-state index is 0.00186. The van der Waals surface area contributed by atoms with E-state index in [-0.39, 0.29) is 11.4 Å². The molecule has 0 saturated heterocycles. The molecule has 102 valence electrons. The van der Waals surface area contributed by atoms with E-state index in [0.29, 0.717) is 12.1 Å². The van der Waals surface area contributed by atoms with Gasteiger partial charge >= 0.3 is 0 Å². The Hall–Kier alpha value is -0.980. The SMILES string of the molecule is CCCNCCNS(=O)(=O)c1cc(F)ccc1C. The first-order chi connectivity index (χ1) is 8.47. The molecule has 1 aromatic carbocycles. The molecule has 2 N–H and O–H groups in total. The standard InChI is InChI=1S/C12H19FN2O2S/c1-3-6-14-7-8-15-18(16,17)12-9-11(13)5-4-10(12)2/h4-5,9,14-15H,3,6-8H2,1-2H3. The second-order valence-electron chi connectivity index (χ2n) is 4.06. The van der Waals surface area contributed by atoms with Crippen LogP contribution in [0.4, 0.5) is 4.39 Å². The monoisotopic (exact) mass is 274 g/mol. The average Bonchev–Trinajstić information content (AvgIpc) is 2.32. The summed E-state index contributed by atoms with van der Waals surface area (Å²) < 4.78 is 39.4. The fraction of sp³-hybridized carbons (Fsp3) is 0.500. The van der Waals surface area contributed by atoms with Gasteiger partial charge in [0.15, 0.2) is 0 Å². The lowest BCUT2D eigenvalue weighted by molar-refractivity contribution is 0.571. The molecule has 0 atom stereocenters. The lowest BCUT2D eigenvalue weighted by atomic mass is 10.2. The molecule has 0 unspecified atom stereocenters. The number of rotatable bonds is 7. The first kappa shape index (κ1) is 15.1. The molecule has 0 amide bonds. The molecule has 0 saturated carbocycles. The predicted octanol–water partition coefficient (Wildman–Crippen LogP) is 1.41. The Morgan fingerprint density at radius 1 is 1.22 bits per heavy atom. The summed E-state index contributed by atoms with van der Waals surface area (Å²) in [4.78, 5) is -0.00186. The zero-order valence-electron chi connectivity index (χ0n) is 10.7. The van der Waals surface area contributed by atoms with Crippen LogP contribution >= 0.6 is 0 Å². The Morgan fingerprint density at radius 2 is 1.94 bits per heavy atom. The van der Waals surface area contributed by atoms with Gasteiger partial charge in [0, 0.05) is 13.1 Å². The molecule has 1 rings (SSSR count). The van der Waals surface area contributed by atoms with Crippen LogP contribution in [0.2, 0.25) is 0 Å². The summed E-state index contributed by atoms with van der Waals surface area (Å²) in [5, 5.41) is 3.08. The van der Waals surface area contributed by atoms with Crippen molar-refractivity contribution >= 4 is 10.0 Å². The van der Waals surface area contributed by atoms with Gasteiger partial charge in [0.05, 0.1) is 4.90 Å². The van der Waals surface area contributed by atoms with Crippen molar-refractivity contribution in [3.63, 3.8) is 0 Å². The van der Waals surface area contributed by atoms with Gasteiger partial charge < -0.3 is 5.32 Å². The highest BCUT2D eigenvalue weighted by molar-refractivity contribution is 7.89. The fourth-order valence-electron chi connectivity index (χ4n) is 1.52. The largest absolute Gasteiger partial charge is 0.315 e. The molecule has 0 aromatic heterocycles. The van der Waals surface area contributed by atoms with E-state index < -0.39 is 15.8 Å². The summed E-state index contributed by atoms with van der Waals surface area (Å²) in [7, 11) is -3.63. The highest BCUT2D eigenvalue weighted by Gasteiger charge is 2.16. The van der Waals surface area contributed by atoms with Crippen molar-refractivity contribution in [2.75, 3.05) is 19.6 Å². The van der Waals surface area contributed by atoms with E-state index in [1.165, 1.54) is 12.1 Å². The number of hydrogen-bond donors (Lipinski definition) is 2. The van der Waals surface area contributed by atoms with E-state index in [2.05, 4.69) is 10.0 Å². The maximum absolute atomic E-state index is 13.1. The van der Waals surface area contributed by atoms with Gasteiger partial charge in [-0.3, -0.25) is 0 Å². The smallest absolute Gasteiger partial charge is 0.240 e. The van der Waals surface area contributed by atoms with Crippen molar-refractivity contribution in [2.45, 2.75) is 25.2 Å². The van der Waals surface area contributed by atoms with Crippen molar-refractivity contribution in [1.29, 1.82) is 0 Å². The van der Waals surface area contributed by atoms with E-state index in [0.717, 1.165) is 19.0 Å². The van der Waals surface area contributed by atoms with Gasteiger partial charge in [-0.15, -0.1) is 0 Å². The molecule has 0 spiro atoms. The van der Waals surface area contributed by atoms with E-state index in [4.69, 9.17) is 0 Å². The van der Waals surface area contributed by atoms with Crippen molar-refractivity contribution in [1.82, 2.24) is 10.0 Å². The molecular formula is C12H19FN2O2S. The van der Waals surface area contributed by atoms with Crippen LogP contribution in [-0.2, 0) is 10.0 Å². The summed E-state index contributed by atoms with van der Waals surface area (Å²) in [6.07, 6.45) is 0.996. The first-order valence-corrected chi connectivity index (χ1v) is 7.42. The van der Waals surface area contributed by atoms with Crippen molar-refractivity contribution in [3.8, 4) is 0 Å². The maximum atomic E-state index is 13.1.